The van der Waals surface area contributed by atoms with E-state index in [1.807, 2.05) is 4.68 Å². The van der Waals surface area contributed by atoms with Gasteiger partial charge in [-0.1, -0.05) is 27.7 Å². The molecule has 0 radical (unpaired) electrons. The Kier molecular flexibility index (Phi) is 2.50. The first-order valence-corrected chi connectivity index (χ1v) is 4.32. The summed E-state index contributed by atoms with van der Waals surface area (Å²) in [5.41, 5.74) is 0.339. The summed E-state index contributed by atoms with van der Waals surface area (Å²) in [5, 5.41) is 4.08. The van der Waals surface area contributed by atoms with Crippen LogP contribution in [0.15, 0.2) is 12.7 Å². The van der Waals surface area contributed by atoms with Crippen LogP contribution in [0.4, 0.5) is 0 Å². The van der Waals surface area contributed by atoms with Gasteiger partial charge < -0.3 is 0 Å². The monoisotopic (exact) mass is 167 g/mol. The van der Waals surface area contributed by atoms with Crippen LogP contribution in [0.1, 0.15) is 27.7 Å². The summed E-state index contributed by atoms with van der Waals surface area (Å²) in [7, 11) is 0. The smallest absolute Gasteiger partial charge is 0.137 e. The molecule has 0 N–H and O–H groups in total. The zero-order valence-corrected chi connectivity index (χ0v) is 8.28. The molecule has 1 atom stereocenters. The summed E-state index contributed by atoms with van der Waals surface area (Å²) < 4.78 is 1.88. The Hall–Kier alpha value is -0.860. The van der Waals surface area contributed by atoms with E-state index in [0.717, 1.165) is 6.54 Å². The molecule has 0 spiro atoms. The third-order valence-electron chi connectivity index (χ3n) is 2.41. The van der Waals surface area contributed by atoms with Crippen molar-refractivity contribution in [3.63, 3.8) is 0 Å². The number of nitrogens with zero attached hydrogens (tertiary/aromatic N) is 3. The van der Waals surface area contributed by atoms with Crippen molar-refractivity contribution in [2.45, 2.75) is 34.2 Å². The van der Waals surface area contributed by atoms with Gasteiger partial charge >= 0.3 is 0 Å². The van der Waals surface area contributed by atoms with Gasteiger partial charge in [0.1, 0.15) is 12.7 Å². The highest BCUT2D eigenvalue weighted by Crippen LogP contribution is 2.26. The number of aromatic nitrogens is 3. The van der Waals surface area contributed by atoms with E-state index in [4.69, 9.17) is 0 Å². The van der Waals surface area contributed by atoms with E-state index in [1.54, 1.807) is 12.7 Å². The molecule has 0 aromatic carbocycles. The first-order chi connectivity index (χ1) is 5.50. The molecule has 0 saturated heterocycles. The highest BCUT2D eigenvalue weighted by Gasteiger charge is 2.20. The van der Waals surface area contributed by atoms with Gasteiger partial charge in [0.05, 0.1) is 0 Å². The van der Waals surface area contributed by atoms with E-state index < -0.39 is 0 Å². The molecular weight excluding hydrogens is 150 g/mol. The predicted molar refractivity (Wildman–Crippen MR) is 48.6 cm³/mol. The molecule has 1 unspecified atom stereocenters. The lowest BCUT2D eigenvalue weighted by Crippen LogP contribution is -2.22. The molecule has 0 aliphatic carbocycles. The molecule has 0 bridgehead atoms. The molecule has 68 valence electrons. The number of rotatable bonds is 2. The number of hydrogen-bond donors (Lipinski definition) is 0. The molecule has 1 aromatic heterocycles. The standard InChI is InChI=1S/C9H17N3/c1-8(9(2,3)4)5-12-7-10-6-11-12/h6-8H,5H2,1-4H3. The fraction of sp³-hybridized carbons (Fsp3) is 0.778. The quantitative estimate of drug-likeness (QED) is 0.674. The highest BCUT2D eigenvalue weighted by molar-refractivity contribution is 4.70. The topological polar surface area (TPSA) is 30.7 Å². The van der Waals surface area contributed by atoms with Crippen molar-refractivity contribution in [2.24, 2.45) is 11.3 Å². The maximum atomic E-state index is 4.08. The van der Waals surface area contributed by atoms with Crippen molar-refractivity contribution >= 4 is 0 Å². The lowest BCUT2D eigenvalue weighted by Gasteiger charge is -2.26. The Labute approximate surface area is 73.8 Å². The molecule has 0 amide bonds. The molecule has 0 aliphatic heterocycles. The van der Waals surface area contributed by atoms with E-state index in [9.17, 15) is 0 Å². The zero-order chi connectivity index (χ0) is 9.19. The van der Waals surface area contributed by atoms with Crippen LogP contribution in [0.3, 0.4) is 0 Å². The highest BCUT2D eigenvalue weighted by atomic mass is 15.3. The van der Waals surface area contributed by atoms with Crippen LogP contribution in [-0.4, -0.2) is 14.8 Å². The van der Waals surface area contributed by atoms with Crippen LogP contribution < -0.4 is 0 Å². The van der Waals surface area contributed by atoms with Crippen LogP contribution in [0.2, 0.25) is 0 Å². The van der Waals surface area contributed by atoms with E-state index >= 15 is 0 Å². The predicted octanol–water partition coefficient (Wildman–Crippen LogP) is 1.96. The second-order valence-electron chi connectivity index (χ2n) is 4.38. The maximum absolute atomic E-state index is 4.08. The second kappa shape index (κ2) is 3.25. The van der Waals surface area contributed by atoms with Crippen molar-refractivity contribution in [2.75, 3.05) is 0 Å². The Morgan fingerprint density at radius 1 is 1.42 bits per heavy atom. The SMILES string of the molecule is CC(Cn1cncn1)C(C)(C)C. The van der Waals surface area contributed by atoms with Crippen molar-refractivity contribution in [1.29, 1.82) is 0 Å². The Balaban J connectivity index is 2.53. The molecule has 1 aromatic rings. The van der Waals surface area contributed by atoms with Crippen LogP contribution in [0.5, 0.6) is 0 Å². The summed E-state index contributed by atoms with van der Waals surface area (Å²) in [6, 6.07) is 0. The molecular formula is C9H17N3. The van der Waals surface area contributed by atoms with Gasteiger partial charge in [-0.2, -0.15) is 5.10 Å². The minimum Gasteiger partial charge on any atom is -0.253 e. The fourth-order valence-electron chi connectivity index (χ4n) is 0.881. The molecule has 1 heterocycles. The largest absolute Gasteiger partial charge is 0.253 e. The first-order valence-electron chi connectivity index (χ1n) is 4.32. The first kappa shape index (κ1) is 9.23. The summed E-state index contributed by atoms with van der Waals surface area (Å²) >= 11 is 0. The summed E-state index contributed by atoms with van der Waals surface area (Å²) in [6.07, 6.45) is 3.34. The van der Waals surface area contributed by atoms with Gasteiger partial charge in [-0.05, 0) is 11.3 Å². The van der Waals surface area contributed by atoms with E-state index in [2.05, 4.69) is 37.8 Å². The van der Waals surface area contributed by atoms with Gasteiger partial charge in [-0.3, -0.25) is 4.68 Å². The molecule has 3 heteroatoms. The summed E-state index contributed by atoms with van der Waals surface area (Å²) in [4.78, 5) is 3.91. The van der Waals surface area contributed by atoms with Crippen LogP contribution in [0, 0.1) is 11.3 Å². The molecule has 1 rings (SSSR count). The average Bonchev–Trinajstić information content (AvgIpc) is 2.37. The maximum Gasteiger partial charge on any atom is 0.137 e. The second-order valence-corrected chi connectivity index (χ2v) is 4.38. The third kappa shape index (κ3) is 2.32. The Morgan fingerprint density at radius 2 is 2.08 bits per heavy atom. The lowest BCUT2D eigenvalue weighted by atomic mass is 9.82. The van der Waals surface area contributed by atoms with Crippen LogP contribution in [0.25, 0.3) is 0 Å². The van der Waals surface area contributed by atoms with E-state index in [-0.39, 0.29) is 0 Å². The molecule has 3 nitrogen and oxygen atoms in total. The van der Waals surface area contributed by atoms with E-state index in [1.165, 1.54) is 0 Å². The minimum absolute atomic E-state index is 0.339. The van der Waals surface area contributed by atoms with Crippen molar-refractivity contribution in [3.05, 3.63) is 12.7 Å². The molecule has 0 saturated carbocycles. The Bertz CT molecular complexity index is 220. The van der Waals surface area contributed by atoms with Gasteiger partial charge in [0.15, 0.2) is 0 Å². The van der Waals surface area contributed by atoms with Gasteiger partial charge in [0.25, 0.3) is 0 Å². The Morgan fingerprint density at radius 3 is 2.50 bits per heavy atom. The average molecular weight is 167 g/mol. The fourth-order valence-corrected chi connectivity index (χ4v) is 0.881. The van der Waals surface area contributed by atoms with E-state index in [0.29, 0.717) is 11.3 Å². The summed E-state index contributed by atoms with van der Waals surface area (Å²) in [6.45, 7) is 9.92. The van der Waals surface area contributed by atoms with Crippen LogP contribution in [-0.2, 0) is 6.54 Å². The zero-order valence-electron chi connectivity index (χ0n) is 8.28. The normalized spacial score (nSPS) is 14.7. The molecule has 0 fully saturated rings. The van der Waals surface area contributed by atoms with Crippen molar-refractivity contribution in [3.8, 4) is 0 Å². The van der Waals surface area contributed by atoms with Crippen molar-refractivity contribution in [1.82, 2.24) is 14.8 Å². The third-order valence-corrected chi connectivity index (χ3v) is 2.41. The van der Waals surface area contributed by atoms with Crippen molar-refractivity contribution < 1.29 is 0 Å². The van der Waals surface area contributed by atoms with Gasteiger partial charge in [-0.25, -0.2) is 4.98 Å². The lowest BCUT2D eigenvalue weighted by molar-refractivity contribution is 0.225. The van der Waals surface area contributed by atoms with Gasteiger partial charge in [-0.15, -0.1) is 0 Å². The van der Waals surface area contributed by atoms with Gasteiger partial charge in [0.2, 0.25) is 0 Å². The molecule has 12 heavy (non-hydrogen) atoms. The summed E-state index contributed by atoms with van der Waals surface area (Å²) in [5.74, 6) is 0.610. The molecule has 0 aliphatic rings. The number of hydrogen-bond acceptors (Lipinski definition) is 2. The van der Waals surface area contributed by atoms with Gasteiger partial charge in [0, 0.05) is 6.54 Å². The minimum atomic E-state index is 0.339. The van der Waals surface area contributed by atoms with Crippen LogP contribution >= 0.6 is 0 Å².